The number of hydrogen-bond donors (Lipinski definition) is 0. The lowest BCUT2D eigenvalue weighted by molar-refractivity contribution is 0.634. The molecule has 0 rings (SSSR count). The first-order valence-electron chi connectivity index (χ1n) is 8.05. The van der Waals surface area contributed by atoms with Crippen LogP contribution in [-0.2, 0) is 0 Å². The van der Waals surface area contributed by atoms with Crippen LogP contribution in [0.3, 0.4) is 0 Å². The predicted octanol–water partition coefficient (Wildman–Crippen LogP) is 6.11. The molecule has 0 fully saturated rings. The van der Waals surface area contributed by atoms with Crippen molar-refractivity contribution in [1.29, 1.82) is 0 Å². The summed E-state index contributed by atoms with van der Waals surface area (Å²) in [7, 11) is 1.90. The Morgan fingerprint density at radius 2 is 1.68 bits per heavy atom. The van der Waals surface area contributed by atoms with Crippen LogP contribution < -0.4 is 0 Å². The molecule has 0 bridgehead atoms. The Bertz CT molecular complexity index is 297. The van der Waals surface area contributed by atoms with Gasteiger partial charge in [-0.2, -0.15) is 0 Å². The predicted molar refractivity (Wildman–Crippen MR) is 89.2 cm³/mol. The summed E-state index contributed by atoms with van der Waals surface area (Å²) in [5.74, 6) is 0. The second-order valence-electron chi connectivity index (χ2n) is 5.21. The first-order chi connectivity index (χ1) is 9.21. The summed E-state index contributed by atoms with van der Waals surface area (Å²) < 4.78 is 0. The fourth-order valence-corrected chi connectivity index (χ4v) is 2.32. The van der Waals surface area contributed by atoms with Gasteiger partial charge in [0.1, 0.15) is 0 Å². The third kappa shape index (κ3) is 8.02. The van der Waals surface area contributed by atoms with Gasteiger partial charge in [-0.05, 0) is 36.8 Å². The van der Waals surface area contributed by atoms with Crippen LogP contribution in [-0.4, -0.2) is 12.8 Å². The van der Waals surface area contributed by atoms with Gasteiger partial charge in [-0.25, -0.2) is 0 Å². The lowest BCUT2D eigenvalue weighted by Crippen LogP contribution is -2.06. The van der Waals surface area contributed by atoms with E-state index in [4.69, 9.17) is 0 Å². The minimum absolute atomic E-state index is 1.06. The van der Waals surface area contributed by atoms with Crippen LogP contribution in [0.5, 0.6) is 0 Å². The quantitative estimate of drug-likeness (QED) is 0.315. The van der Waals surface area contributed by atoms with Gasteiger partial charge in [-0.3, -0.25) is 4.99 Å². The minimum atomic E-state index is 1.06. The van der Waals surface area contributed by atoms with Gasteiger partial charge >= 0.3 is 0 Å². The van der Waals surface area contributed by atoms with Crippen molar-refractivity contribution in [2.24, 2.45) is 4.99 Å². The van der Waals surface area contributed by atoms with Gasteiger partial charge in [0.15, 0.2) is 0 Å². The van der Waals surface area contributed by atoms with Gasteiger partial charge in [0.05, 0.1) is 5.71 Å². The van der Waals surface area contributed by atoms with E-state index >= 15 is 0 Å². The molecule has 0 saturated carbocycles. The molecule has 0 unspecified atom stereocenters. The van der Waals surface area contributed by atoms with E-state index in [-0.39, 0.29) is 0 Å². The molecule has 110 valence electrons. The molecule has 0 N–H and O–H groups in total. The highest BCUT2D eigenvalue weighted by molar-refractivity contribution is 6.11. The van der Waals surface area contributed by atoms with Crippen molar-refractivity contribution in [1.82, 2.24) is 0 Å². The average Bonchev–Trinajstić information content (AvgIpc) is 2.43. The molecule has 0 radical (unpaired) electrons. The summed E-state index contributed by atoms with van der Waals surface area (Å²) in [5, 5.41) is 0. The third-order valence-corrected chi connectivity index (χ3v) is 3.51. The van der Waals surface area contributed by atoms with Crippen LogP contribution in [0.15, 0.2) is 28.8 Å². The molecule has 0 amide bonds. The summed E-state index contributed by atoms with van der Waals surface area (Å²) in [4.78, 5) is 4.48. The van der Waals surface area contributed by atoms with E-state index in [1.54, 1.807) is 0 Å². The lowest BCUT2D eigenvalue weighted by atomic mass is 9.96. The zero-order chi connectivity index (χ0) is 14.5. The van der Waals surface area contributed by atoms with E-state index in [1.165, 1.54) is 49.7 Å². The number of rotatable bonds is 11. The van der Waals surface area contributed by atoms with E-state index in [0.29, 0.717) is 0 Å². The van der Waals surface area contributed by atoms with Gasteiger partial charge in [0, 0.05) is 7.05 Å². The maximum atomic E-state index is 4.48. The zero-order valence-corrected chi connectivity index (χ0v) is 13.6. The normalized spacial score (nSPS) is 12.8. The van der Waals surface area contributed by atoms with Crippen LogP contribution in [0.4, 0.5) is 0 Å². The van der Waals surface area contributed by atoms with E-state index in [0.717, 1.165) is 25.0 Å². The maximum absolute atomic E-state index is 4.48. The molecular formula is C18H33N. The summed E-state index contributed by atoms with van der Waals surface area (Å²) in [6, 6.07) is 0. The summed E-state index contributed by atoms with van der Waals surface area (Å²) in [6.45, 7) is 10.9. The molecule has 0 aromatic carbocycles. The fourth-order valence-electron chi connectivity index (χ4n) is 2.32. The highest BCUT2D eigenvalue weighted by Gasteiger charge is 2.08. The Morgan fingerprint density at radius 3 is 2.21 bits per heavy atom. The second kappa shape index (κ2) is 12.2. The lowest BCUT2D eigenvalue weighted by Gasteiger charge is -2.12. The van der Waals surface area contributed by atoms with Crippen LogP contribution in [0.25, 0.3) is 0 Å². The molecule has 0 saturated heterocycles. The molecule has 0 aliphatic rings. The molecule has 0 aromatic rings. The largest absolute Gasteiger partial charge is 0.288 e. The topological polar surface area (TPSA) is 12.4 Å². The average molecular weight is 263 g/mol. The first-order valence-corrected chi connectivity index (χ1v) is 8.05. The third-order valence-electron chi connectivity index (χ3n) is 3.51. The number of nitrogens with zero attached hydrogens (tertiary/aromatic N) is 1. The van der Waals surface area contributed by atoms with E-state index in [9.17, 15) is 0 Å². The smallest absolute Gasteiger partial charge is 0.0625 e. The van der Waals surface area contributed by atoms with Gasteiger partial charge in [0.25, 0.3) is 0 Å². The minimum Gasteiger partial charge on any atom is -0.288 e. The van der Waals surface area contributed by atoms with E-state index in [2.05, 4.69) is 38.4 Å². The Morgan fingerprint density at radius 1 is 1.00 bits per heavy atom. The van der Waals surface area contributed by atoms with Gasteiger partial charge in [-0.1, -0.05) is 65.5 Å². The van der Waals surface area contributed by atoms with Crippen molar-refractivity contribution in [3.05, 3.63) is 23.8 Å². The van der Waals surface area contributed by atoms with Crippen LogP contribution >= 0.6 is 0 Å². The van der Waals surface area contributed by atoms with Crippen LogP contribution in [0, 0.1) is 0 Å². The number of unbranched alkanes of at least 4 members (excludes halogenated alkanes) is 5. The Labute approximate surface area is 120 Å². The number of hydrogen-bond acceptors (Lipinski definition) is 1. The van der Waals surface area contributed by atoms with Gasteiger partial charge in [0.2, 0.25) is 0 Å². The first kappa shape index (κ1) is 18.1. The Kier molecular flexibility index (Phi) is 11.7. The summed E-state index contributed by atoms with van der Waals surface area (Å²) in [5.41, 5.74) is 3.76. The Hall–Kier alpha value is -0.850. The van der Waals surface area contributed by atoms with Crippen LogP contribution in [0.1, 0.15) is 78.6 Å². The van der Waals surface area contributed by atoms with Gasteiger partial charge < -0.3 is 0 Å². The highest BCUT2D eigenvalue weighted by Crippen LogP contribution is 2.18. The standard InChI is InChI=1S/C18H33N/c1-6-9-11-12-13-14-16(4)18(19-5)17(8-3)15-10-7-2/h15H,4,6-14H2,1-3,5H3/b17-15+,19-18?. The molecule has 0 heterocycles. The highest BCUT2D eigenvalue weighted by atomic mass is 14.7. The number of aliphatic imine (C=N–C) groups is 1. The van der Waals surface area contributed by atoms with Crippen molar-refractivity contribution >= 4 is 5.71 Å². The van der Waals surface area contributed by atoms with Crippen molar-refractivity contribution in [2.45, 2.75) is 78.6 Å². The molecular weight excluding hydrogens is 230 g/mol. The van der Waals surface area contributed by atoms with Crippen molar-refractivity contribution in [2.75, 3.05) is 7.05 Å². The van der Waals surface area contributed by atoms with E-state index in [1.807, 2.05) is 7.05 Å². The van der Waals surface area contributed by atoms with E-state index < -0.39 is 0 Å². The zero-order valence-electron chi connectivity index (χ0n) is 13.6. The molecule has 0 atom stereocenters. The molecule has 0 aliphatic carbocycles. The van der Waals surface area contributed by atoms with Crippen molar-refractivity contribution in [3.63, 3.8) is 0 Å². The summed E-state index contributed by atoms with van der Waals surface area (Å²) in [6.07, 6.45) is 13.4. The molecule has 0 spiro atoms. The van der Waals surface area contributed by atoms with Crippen LogP contribution in [0.2, 0.25) is 0 Å². The fraction of sp³-hybridized carbons (Fsp3) is 0.722. The van der Waals surface area contributed by atoms with Crippen molar-refractivity contribution < 1.29 is 0 Å². The molecule has 1 nitrogen and oxygen atoms in total. The molecule has 19 heavy (non-hydrogen) atoms. The second-order valence-corrected chi connectivity index (χ2v) is 5.21. The molecule has 0 aromatic heterocycles. The van der Waals surface area contributed by atoms with Crippen molar-refractivity contribution in [3.8, 4) is 0 Å². The Balaban J connectivity index is 4.31. The summed E-state index contributed by atoms with van der Waals surface area (Å²) >= 11 is 0. The molecule has 0 aliphatic heterocycles. The molecule has 1 heteroatoms. The maximum Gasteiger partial charge on any atom is 0.0625 e. The van der Waals surface area contributed by atoms with Gasteiger partial charge in [-0.15, -0.1) is 0 Å². The number of allylic oxidation sites excluding steroid dienone is 3. The monoisotopic (exact) mass is 263 g/mol. The SMILES string of the molecule is C=C(CCCCCCC)C(=NC)/C(=C/CCC)CC.